The van der Waals surface area contributed by atoms with Gasteiger partial charge in [0.1, 0.15) is 6.61 Å². The third-order valence-corrected chi connectivity index (χ3v) is 6.44. The summed E-state index contributed by atoms with van der Waals surface area (Å²) in [5, 5.41) is 0.731. The van der Waals surface area contributed by atoms with E-state index in [1.54, 1.807) is 17.9 Å². The number of piperidine rings is 1. The van der Waals surface area contributed by atoms with Gasteiger partial charge in [0.15, 0.2) is 0 Å². The summed E-state index contributed by atoms with van der Waals surface area (Å²) in [6.45, 7) is 10.6. The second-order valence-corrected chi connectivity index (χ2v) is 8.72. The molecule has 1 aromatic rings. The van der Waals surface area contributed by atoms with Crippen LogP contribution >= 0.6 is 11.6 Å². The van der Waals surface area contributed by atoms with Crippen LogP contribution in [0, 0.1) is 0 Å². The van der Waals surface area contributed by atoms with Gasteiger partial charge < -0.3 is 14.5 Å². The normalized spacial score (nSPS) is 23.3. The van der Waals surface area contributed by atoms with Crippen LogP contribution in [-0.4, -0.2) is 77.6 Å². The maximum Gasteiger partial charge on any atom is 0.410 e. The number of carbonyl (C=O) groups is 2. The molecule has 2 aliphatic rings. The Morgan fingerprint density at radius 3 is 2.47 bits per heavy atom. The van der Waals surface area contributed by atoms with Gasteiger partial charge in [0.25, 0.3) is 0 Å². The fourth-order valence-electron chi connectivity index (χ4n) is 4.63. The highest BCUT2D eigenvalue weighted by atomic mass is 35.5. The van der Waals surface area contributed by atoms with E-state index in [9.17, 15) is 9.59 Å². The van der Waals surface area contributed by atoms with E-state index >= 15 is 0 Å². The number of hydrogen-bond acceptors (Lipinski definition) is 4. The fraction of sp³-hybridized carbons (Fsp3) is 0.565. The van der Waals surface area contributed by atoms with Crippen molar-refractivity contribution in [1.82, 2.24) is 14.7 Å². The standard InChI is InChI=1S/C23H32ClN3O3/c1-4-13-30-23(29)25-11-9-21(10-12-25)27-15-17(2)26(18(3)28)16-22(27)14-19-5-7-20(24)8-6-19/h4-8,17,21-22H,1,9-16H2,2-3H3. The molecule has 2 atom stereocenters. The Hall–Kier alpha value is -2.05. The van der Waals surface area contributed by atoms with Gasteiger partial charge >= 0.3 is 6.09 Å². The number of benzene rings is 1. The molecule has 1 aromatic carbocycles. The lowest BCUT2D eigenvalue weighted by atomic mass is 9.94. The molecule has 164 valence electrons. The van der Waals surface area contributed by atoms with Gasteiger partial charge in [0.05, 0.1) is 0 Å². The van der Waals surface area contributed by atoms with Gasteiger partial charge in [0.2, 0.25) is 5.91 Å². The van der Waals surface area contributed by atoms with Crippen LogP contribution in [0.4, 0.5) is 4.79 Å². The monoisotopic (exact) mass is 433 g/mol. The van der Waals surface area contributed by atoms with E-state index < -0.39 is 0 Å². The molecule has 0 bridgehead atoms. The zero-order valence-corrected chi connectivity index (χ0v) is 18.7. The second-order valence-electron chi connectivity index (χ2n) is 8.29. The number of halogens is 1. The number of carbonyl (C=O) groups excluding carboxylic acids is 2. The van der Waals surface area contributed by atoms with Crippen LogP contribution < -0.4 is 0 Å². The smallest absolute Gasteiger partial charge is 0.410 e. The summed E-state index contributed by atoms with van der Waals surface area (Å²) in [5.74, 6) is 0.128. The van der Waals surface area contributed by atoms with Crippen molar-refractivity contribution in [2.24, 2.45) is 0 Å². The first-order valence-corrected chi connectivity index (χ1v) is 11.1. The van der Waals surface area contributed by atoms with Crippen LogP contribution in [0.2, 0.25) is 5.02 Å². The highest BCUT2D eigenvalue weighted by Crippen LogP contribution is 2.27. The maximum atomic E-state index is 12.2. The number of hydrogen-bond donors (Lipinski definition) is 0. The minimum atomic E-state index is -0.263. The lowest BCUT2D eigenvalue weighted by molar-refractivity contribution is -0.136. The molecule has 2 saturated heterocycles. The van der Waals surface area contributed by atoms with E-state index in [0.29, 0.717) is 19.1 Å². The highest BCUT2D eigenvalue weighted by molar-refractivity contribution is 6.30. The molecule has 0 N–H and O–H groups in total. The van der Waals surface area contributed by atoms with Crippen molar-refractivity contribution in [2.45, 2.75) is 51.2 Å². The van der Waals surface area contributed by atoms with Crippen LogP contribution in [-0.2, 0) is 16.0 Å². The van der Waals surface area contributed by atoms with Gasteiger partial charge in [-0.1, -0.05) is 36.4 Å². The Morgan fingerprint density at radius 2 is 1.87 bits per heavy atom. The molecule has 2 amide bonds. The molecule has 30 heavy (non-hydrogen) atoms. The van der Waals surface area contributed by atoms with Crippen LogP contribution in [0.25, 0.3) is 0 Å². The molecule has 2 heterocycles. The van der Waals surface area contributed by atoms with Gasteiger partial charge in [-0.25, -0.2) is 4.79 Å². The molecule has 0 aliphatic carbocycles. The summed E-state index contributed by atoms with van der Waals surface area (Å²) < 4.78 is 5.18. The number of nitrogens with zero attached hydrogens (tertiary/aromatic N) is 3. The Morgan fingerprint density at radius 1 is 1.20 bits per heavy atom. The molecular formula is C23H32ClN3O3. The van der Waals surface area contributed by atoms with Crippen LogP contribution in [0.1, 0.15) is 32.3 Å². The Bertz CT molecular complexity index is 747. The number of amides is 2. The molecule has 3 rings (SSSR count). The minimum absolute atomic E-state index is 0.128. The van der Waals surface area contributed by atoms with Crippen LogP contribution in [0.3, 0.4) is 0 Å². The van der Waals surface area contributed by atoms with Gasteiger partial charge in [0, 0.05) is 56.3 Å². The lowest BCUT2D eigenvalue weighted by Gasteiger charge is -2.50. The molecule has 6 nitrogen and oxygen atoms in total. The summed E-state index contributed by atoms with van der Waals surface area (Å²) in [4.78, 5) is 30.6. The molecule has 7 heteroatoms. The summed E-state index contributed by atoms with van der Waals surface area (Å²) in [5.41, 5.74) is 1.22. The quantitative estimate of drug-likeness (QED) is 0.666. The van der Waals surface area contributed by atoms with Crippen molar-refractivity contribution >= 4 is 23.6 Å². The van der Waals surface area contributed by atoms with Crippen molar-refractivity contribution in [3.05, 3.63) is 47.5 Å². The van der Waals surface area contributed by atoms with E-state index in [0.717, 1.165) is 37.4 Å². The first-order chi connectivity index (χ1) is 14.4. The largest absolute Gasteiger partial charge is 0.445 e. The van der Waals surface area contributed by atoms with Crippen molar-refractivity contribution in [3.63, 3.8) is 0 Å². The SMILES string of the molecule is C=CCOC(=O)N1CCC(N2CC(C)N(C(C)=O)CC2Cc2ccc(Cl)cc2)CC1. The first kappa shape index (κ1) is 22.6. The van der Waals surface area contributed by atoms with Gasteiger partial charge in [-0.05, 0) is 43.9 Å². The summed E-state index contributed by atoms with van der Waals surface area (Å²) in [6.07, 6.45) is 4.01. The average Bonchev–Trinajstić information content (AvgIpc) is 2.74. The van der Waals surface area contributed by atoms with Crippen molar-refractivity contribution in [3.8, 4) is 0 Å². The fourth-order valence-corrected chi connectivity index (χ4v) is 4.75. The Kier molecular flexibility index (Phi) is 7.78. The third-order valence-electron chi connectivity index (χ3n) is 6.19. The number of ether oxygens (including phenoxy) is 1. The molecule has 2 aliphatic heterocycles. The Balaban J connectivity index is 1.68. The number of piperazine rings is 1. The van der Waals surface area contributed by atoms with Crippen molar-refractivity contribution in [1.29, 1.82) is 0 Å². The summed E-state index contributed by atoms with van der Waals surface area (Å²) >= 11 is 6.05. The predicted molar refractivity (Wildman–Crippen MR) is 119 cm³/mol. The second kappa shape index (κ2) is 10.3. The summed E-state index contributed by atoms with van der Waals surface area (Å²) in [6, 6.07) is 8.78. The number of rotatable bonds is 5. The average molecular weight is 434 g/mol. The highest BCUT2D eigenvalue weighted by Gasteiger charge is 2.38. The molecule has 0 saturated carbocycles. The van der Waals surface area contributed by atoms with Crippen molar-refractivity contribution in [2.75, 3.05) is 32.8 Å². The molecule has 2 unspecified atom stereocenters. The zero-order chi connectivity index (χ0) is 21.7. The molecule has 0 spiro atoms. The predicted octanol–water partition coefficient (Wildman–Crippen LogP) is 3.59. The minimum Gasteiger partial charge on any atom is -0.445 e. The Labute approximate surface area is 184 Å². The maximum absolute atomic E-state index is 12.2. The van der Waals surface area contributed by atoms with Gasteiger partial charge in [-0.15, -0.1) is 0 Å². The van der Waals surface area contributed by atoms with Crippen LogP contribution in [0.15, 0.2) is 36.9 Å². The number of likely N-dealkylation sites (tertiary alicyclic amines) is 1. The van der Waals surface area contributed by atoms with Gasteiger partial charge in [-0.2, -0.15) is 0 Å². The van der Waals surface area contributed by atoms with E-state index in [-0.39, 0.29) is 30.7 Å². The molecule has 2 fully saturated rings. The van der Waals surface area contributed by atoms with E-state index in [1.165, 1.54) is 5.56 Å². The topological polar surface area (TPSA) is 53.1 Å². The molecule has 0 aromatic heterocycles. The van der Waals surface area contributed by atoms with E-state index in [4.69, 9.17) is 16.3 Å². The van der Waals surface area contributed by atoms with E-state index in [2.05, 4.69) is 30.5 Å². The zero-order valence-electron chi connectivity index (χ0n) is 17.9. The van der Waals surface area contributed by atoms with Crippen LogP contribution in [0.5, 0.6) is 0 Å². The summed E-state index contributed by atoms with van der Waals surface area (Å²) in [7, 11) is 0. The third kappa shape index (κ3) is 5.55. The lowest BCUT2D eigenvalue weighted by Crippen LogP contribution is -2.63. The first-order valence-electron chi connectivity index (χ1n) is 10.7. The molecule has 0 radical (unpaired) electrons. The van der Waals surface area contributed by atoms with Gasteiger partial charge in [-0.3, -0.25) is 9.69 Å². The van der Waals surface area contributed by atoms with E-state index in [1.807, 2.05) is 17.0 Å². The van der Waals surface area contributed by atoms with Crippen molar-refractivity contribution < 1.29 is 14.3 Å². The molecular weight excluding hydrogens is 402 g/mol.